The van der Waals surface area contributed by atoms with Crippen LogP contribution in [0.1, 0.15) is 10.4 Å². The number of thiophene rings is 1. The van der Waals surface area contributed by atoms with E-state index < -0.39 is 0 Å². The second-order valence-corrected chi connectivity index (χ2v) is 5.99. The van der Waals surface area contributed by atoms with Crippen molar-refractivity contribution in [1.82, 2.24) is 15.1 Å². The van der Waals surface area contributed by atoms with E-state index in [1.807, 2.05) is 11.9 Å². The molecule has 2 heterocycles. The summed E-state index contributed by atoms with van der Waals surface area (Å²) in [6.07, 6.45) is 0. The first-order valence-electron chi connectivity index (χ1n) is 6.28. The molecule has 1 unspecified atom stereocenters. The van der Waals surface area contributed by atoms with Crippen molar-refractivity contribution in [2.45, 2.75) is 19.5 Å². The predicted octanol–water partition coefficient (Wildman–Crippen LogP) is 0.919. The Morgan fingerprint density at radius 2 is 2.44 bits per heavy atom. The SMILES string of the molecule is Cc1ccsc1CN(C)C(=O)C1CN(C)CCN1. The molecule has 0 aliphatic carbocycles. The number of carbonyl (C=O) groups excluding carboxylic acids is 1. The summed E-state index contributed by atoms with van der Waals surface area (Å²) in [5.41, 5.74) is 1.27. The Balaban J connectivity index is 1.94. The molecule has 1 N–H and O–H groups in total. The second-order valence-electron chi connectivity index (χ2n) is 4.99. The molecule has 1 atom stereocenters. The largest absolute Gasteiger partial charge is 0.339 e. The molecule has 0 spiro atoms. The van der Waals surface area contributed by atoms with Crippen molar-refractivity contribution in [1.29, 1.82) is 0 Å². The number of likely N-dealkylation sites (N-methyl/N-ethyl adjacent to an activating group) is 2. The molecular weight excluding hydrogens is 246 g/mol. The summed E-state index contributed by atoms with van der Waals surface area (Å²) in [7, 11) is 3.95. The third-order valence-electron chi connectivity index (χ3n) is 3.40. The first-order chi connectivity index (χ1) is 8.58. The highest BCUT2D eigenvalue weighted by atomic mass is 32.1. The van der Waals surface area contributed by atoms with Gasteiger partial charge in [-0.15, -0.1) is 11.3 Å². The Morgan fingerprint density at radius 3 is 3.06 bits per heavy atom. The van der Waals surface area contributed by atoms with E-state index in [0.717, 1.165) is 19.6 Å². The average molecular weight is 267 g/mol. The number of piperazine rings is 1. The van der Waals surface area contributed by atoms with Crippen LogP contribution in [0.5, 0.6) is 0 Å². The predicted molar refractivity (Wildman–Crippen MR) is 74.8 cm³/mol. The van der Waals surface area contributed by atoms with E-state index in [4.69, 9.17) is 0 Å². The molecule has 1 fully saturated rings. The van der Waals surface area contributed by atoms with Gasteiger partial charge in [-0.25, -0.2) is 0 Å². The quantitative estimate of drug-likeness (QED) is 0.884. The summed E-state index contributed by atoms with van der Waals surface area (Å²) in [6.45, 7) is 5.50. The van der Waals surface area contributed by atoms with Crippen LogP contribution < -0.4 is 5.32 Å². The maximum absolute atomic E-state index is 12.3. The molecule has 2 rings (SSSR count). The molecule has 5 heteroatoms. The highest BCUT2D eigenvalue weighted by Crippen LogP contribution is 2.17. The molecule has 1 aliphatic heterocycles. The lowest BCUT2D eigenvalue weighted by molar-refractivity contribution is -0.133. The minimum atomic E-state index is -0.0611. The zero-order chi connectivity index (χ0) is 13.1. The van der Waals surface area contributed by atoms with Gasteiger partial charge in [-0.1, -0.05) is 0 Å². The van der Waals surface area contributed by atoms with Gasteiger partial charge in [0, 0.05) is 31.6 Å². The van der Waals surface area contributed by atoms with Gasteiger partial charge in [0.05, 0.1) is 12.6 Å². The number of hydrogen-bond donors (Lipinski definition) is 1. The van der Waals surface area contributed by atoms with Crippen LogP contribution in [0.25, 0.3) is 0 Å². The smallest absolute Gasteiger partial charge is 0.241 e. The van der Waals surface area contributed by atoms with Crippen LogP contribution in [0.4, 0.5) is 0 Å². The molecule has 100 valence electrons. The number of carbonyl (C=O) groups is 1. The lowest BCUT2D eigenvalue weighted by Gasteiger charge is -2.32. The minimum absolute atomic E-state index is 0.0611. The number of amides is 1. The molecule has 0 saturated carbocycles. The molecule has 1 aromatic heterocycles. The van der Waals surface area contributed by atoms with Crippen LogP contribution >= 0.6 is 11.3 Å². The summed E-state index contributed by atoms with van der Waals surface area (Å²) < 4.78 is 0. The van der Waals surface area contributed by atoms with E-state index in [-0.39, 0.29) is 11.9 Å². The fourth-order valence-electron chi connectivity index (χ4n) is 2.19. The molecule has 18 heavy (non-hydrogen) atoms. The van der Waals surface area contributed by atoms with Crippen molar-refractivity contribution in [3.05, 3.63) is 21.9 Å². The Kier molecular flexibility index (Phi) is 4.37. The fraction of sp³-hybridized carbons (Fsp3) is 0.615. The molecule has 0 radical (unpaired) electrons. The van der Waals surface area contributed by atoms with Crippen molar-refractivity contribution < 1.29 is 4.79 Å². The van der Waals surface area contributed by atoms with Crippen molar-refractivity contribution in [2.75, 3.05) is 33.7 Å². The van der Waals surface area contributed by atoms with Gasteiger partial charge in [0.1, 0.15) is 0 Å². The normalized spacial score (nSPS) is 20.9. The molecule has 4 nitrogen and oxygen atoms in total. The van der Waals surface area contributed by atoms with E-state index in [9.17, 15) is 4.79 Å². The van der Waals surface area contributed by atoms with E-state index in [0.29, 0.717) is 6.54 Å². The van der Waals surface area contributed by atoms with Crippen LogP contribution in [0.2, 0.25) is 0 Å². The number of nitrogens with zero attached hydrogens (tertiary/aromatic N) is 2. The van der Waals surface area contributed by atoms with E-state index in [1.165, 1.54) is 10.4 Å². The molecule has 1 saturated heterocycles. The van der Waals surface area contributed by atoms with Crippen molar-refractivity contribution in [2.24, 2.45) is 0 Å². The summed E-state index contributed by atoms with van der Waals surface area (Å²) in [6, 6.07) is 2.04. The summed E-state index contributed by atoms with van der Waals surface area (Å²) in [4.78, 5) is 17.6. The molecule has 0 aromatic carbocycles. The lowest BCUT2D eigenvalue weighted by atomic mass is 10.2. The van der Waals surface area contributed by atoms with E-state index >= 15 is 0 Å². The van der Waals surface area contributed by atoms with Gasteiger partial charge in [0.25, 0.3) is 0 Å². The minimum Gasteiger partial charge on any atom is -0.339 e. The Labute approximate surface area is 113 Å². The molecule has 1 aliphatic rings. The second kappa shape index (κ2) is 5.82. The summed E-state index contributed by atoms with van der Waals surface area (Å²) >= 11 is 1.72. The maximum Gasteiger partial charge on any atom is 0.241 e. The van der Waals surface area contributed by atoms with Crippen molar-refractivity contribution >= 4 is 17.2 Å². The maximum atomic E-state index is 12.3. The summed E-state index contributed by atoms with van der Waals surface area (Å²) in [5, 5.41) is 5.37. The fourth-order valence-corrected chi connectivity index (χ4v) is 3.15. The van der Waals surface area contributed by atoms with E-state index in [2.05, 4.69) is 35.6 Å². The van der Waals surface area contributed by atoms with Gasteiger partial charge in [-0.3, -0.25) is 4.79 Å². The molecular formula is C13H21N3OS. The van der Waals surface area contributed by atoms with Gasteiger partial charge in [-0.05, 0) is 31.0 Å². The Morgan fingerprint density at radius 1 is 1.67 bits per heavy atom. The molecule has 0 bridgehead atoms. The van der Waals surface area contributed by atoms with E-state index in [1.54, 1.807) is 11.3 Å². The van der Waals surface area contributed by atoms with Crippen LogP contribution in [0, 0.1) is 6.92 Å². The van der Waals surface area contributed by atoms with Crippen molar-refractivity contribution in [3.63, 3.8) is 0 Å². The highest BCUT2D eigenvalue weighted by molar-refractivity contribution is 7.10. The third kappa shape index (κ3) is 3.10. The Hall–Kier alpha value is -0.910. The topological polar surface area (TPSA) is 35.6 Å². The summed E-state index contributed by atoms with van der Waals surface area (Å²) in [5.74, 6) is 0.189. The standard InChI is InChI=1S/C13H21N3OS/c1-10-4-7-18-12(10)9-16(3)13(17)11-8-15(2)6-5-14-11/h4,7,11,14H,5-6,8-9H2,1-3H3. The number of aryl methyl sites for hydroxylation is 1. The number of nitrogens with one attached hydrogen (secondary N) is 1. The molecule has 1 aromatic rings. The van der Waals surface area contributed by atoms with Crippen molar-refractivity contribution in [3.8, 4) is 0 Å². The molecule has 1 amide bonds. The van der Waals surface area contributed by atoms with Crippen LogP contribution in [0.15, 0.2) is 11.4 Å². The highest BCUT2D eigenvalue weighted by Gasteiger charge is 2.26. The van der Waals surface area contributed by atoms with Gasteiger partial charge in [0.2, 0.25) is 5.91 Å². The van der Waals surface area contributed by atoms with Crippen LogP contribution in [-0.4, -0.2) is 55.5 Å². The van der Waals surface area contributed by atoms with Crippen LogP contribution in [0.3, 0.4) is 0 Å². The van der Waals surface area contributed by atoms with Crippen LogP contribution in [-0.2, 0) is 11.3 Å². The zero-order valence-corrected chi connectivity index (χ0v) is 12.1. The zero-order valence-electron chi connectivity index (χ0n) is 11.3. The number of hydrogen-bond acceptors (Lipinski definition) is 4. The third-order valence-corrected chi connectivity index (χ3v) is 4.41. The van der Waals surface area contributed by atoms with Gasteiger partial charge in [-0.2, -0.15) is 0 Å². The lowest BCUT2D eigenvalue weighted by Crippen LogP contribution is -2.56. The van der Waals surface area contributed by atoms with Gasteiger partial charge < -0.3 is 15.1 Å². The average Bonchev–Trinajstić information content (AvgIpc) is 2.74. The van der Waals surface area contributed by atoms with Gasteiger partial charge in [0.15, 0.2) is 0 Å². The first kappa shape index (κ1) is 13.5. The monoisotopic (exact) mass is 267 g/mol. The van der Waals surface area contributed by atoms with Gasteiger partial charge >= 0.3 is 0 Å². The Bertz CT molecular complexity index is 418. The first-order valence-corrected chi connectivity index (χ1v) is 7.16. The number of rotatable bonds is 3.